The summed E-state index contributed by atoms with van der Waals surface area (Å²) in [5.74, 6) is -1.13. The summed E-state index contributed by atoms with van der Waals surface area (Å²) in [5, 5.41) is 3.36. The number of nitrogens with one attached hydrogen (secondary N) is 1. The van der Waals surface area contributed by atoms with Crippen molar-refractivity contribution in [2.24, 2.45) is 5.92 Å². The minimum atomic E-state index is -0.487. The number of methoxy groups -OCH3 is 1. The second kappa shape index (κ2) is 6.72. The number of hydrogen-bond donors (Lipinski definition) is 1. The quantitative estimate of drug-likeness (QED) is 0.857. The maximum Gasteiger partial charge on any atom is 0.314 e. The van der Waals surface area contributed by atoms with Crippen LogP contribution in [0.1, 0.15) is 31.9 Å². The summed E-state index contributed by atoms with van der Waals surface area (Å²) >= 11 is 0. The van der Waals surface area contributed by atoms with Crippen LogP contribution in [0.15, 0.2) is 30.3 Å². The van der Waals surface area contributed by atoms with Crippen LogP contribution >= 0.6 is 0 Å². The third-order valence-electron chi connectivity index (χ3n) is 3.88. The average Bonchev–Trinajstić information content (AvgIpc) is 2.47. The Kier molecular flexibility index (Phi) is 4.96. The number of esters is 2. The monoisotopic (exact) mass is 291 g/mol. The van der Waals surface area contributed by atoms with Crippen molar-refractivity contribution >= 4 is 11.9 Å². The van der Waals surface area contributed by atoms with Crippen LogP contribution in [0, 0.1) is 5.92 Å². The number of benzene rings is 1. The van der Waals surface area contributed by atoms with E-state index in [1.807, 2.05) is 37.3 Å². The predicted molar refractivity (Wildman–Crippen MR) is 77.5 cm³/mol. The smallest absolute Gasteiger partial charge is 0.314 e. The van der Waals surface area contributed by atoms with E-state index in [-0.39, 0.29) is 30.4 Å². The maximum absolute atomic E-state index is 12.0. The summed E-state index contributed by atoms with van der Waals surface area (Å²) in [6.45, 7) is 3.73. The number of carbonyl (C=O) groups is 2. The number of cyclic esters (lactones) is 1. The molecule has 114 valence electrons. The molecular weight excluding hydrogens is 270 g/mol. The Balaban J connectivity index is 2.14. The lowest BCUT2D eigenvalue weighted by Gasteiger charge is -2.36. The van der Waals surface area contributed by atoms with Gasteiger partial charge in [0, 0.05) is 12.1 Å². The third-order valence-corrected chi connectivity index (χ3v) is 3.88. The number of carbonyl (C=O) groups excluding carboxylic acids is 2. The van der Waals surface area contributed by atoms with Crippen LogP contribution in [-0.4, -0.2) is 31.2 Å². The van der Waals surface area contributed by atoms with E-state index in [0.717, 1.165) is 5.56 Å². The molecule has 1 heterocycles. The summed E-state index contributed by atoms with van der Waals surface area (Å²) in [5.41, 5.74) is 1.10. The molecule has 5 nitrogen and oxygen atoms in total. The molecule has 0 aliphatic carbocycles. The molecule has 0 saturated carbocycles. The van der Waals surface area contributed by atoms with E-state index in [4.69, 9.17) is 9.47 Å². The van der Waals surface area contributed by atoms with Gasteiger partial charge in [-0.15, -0.1) is 0 Å². The van der Waals surface area contributed by atoms with Gasteiger partial charge in [0.05, 0.1) is 13.5 Å². The van der Waals surface area contributed by atoms with E-state index in [0.29, 0.717) is 0 Å². The average molecular weight is 291 g/mol. The molecule has 1 saturated heterocycles. The van der Waals surface area contributed by atoms with Crippen molar-refractivity contribution in [3.05, 3.63) is 35.9 Å². The van der Waals surface area contributed by atoms with Gasteiger partial charge in [0.1, 0.15) is 12.0 Å². The molecule has 0 unspecified atom stereocenters. The first-order valence-electron chi connectivity index (χ1n) is 7.11. The summed E-state index contributed by atoms with van der Waals surface area (Å²) in [6.07, 6.45) is -0.319. The molecule has 5 heteroatoms. The molecule has 1 aliphatic heterocycles. The van der Waals surface area contributed by atoms with Crippen LogP contribution < -0.4 is 5.32 Å². The second-order valence-electron chi connectivity index (χ2n) is 5.35. The van der Waals surface area contributed by atoms with Crippen LogP contribution in [0.5, 0.6) is 0 Å². The Hall–Kier alpha value is -1.88. The Bertz CT molecular complexity index is 502. The molecule has 1 N–H and O–H groups in total. The molecule has 0 spiro atoms. The molecular formula is C16H21NO4. The molecule has 1 fully saturated rings. The van der Waals surface area contributed by atoms with Crippen LogP contribution in [0.2, 0.25) is 0 Å². The summed E-state index contributed by atoms with van der Waals surface area (Å²) in [7, 11) is 1.35. The Morgan fingerprint density at radius 3 is 2.67 bits per heavy atom. The van der Waals surface area contributed by atoms with Crippen molar-refractivity contribution in [3.63, 3.8) is 0 Å². The minimum absolute atomic E-state index is 0.0291. The van der Waals surface area contributed by atoms with Crippen molar-refractivity contribution in [2.45, 2.75) is 38.5 Å². The highest BCUT2D eigenvalue weighted by Gasteiger charge is 2.42. The number of rotatable bonds is 4. The first kappa shape index (κ1) is 15.5. The van der Waals surface area contributed by atoms with Crippen LogP contribution in [0.3, 0.4) is 0 Å². The maximum atomic E-state index is 12.0. The minimum Gasteiger partial charge on any atom is -0.469 e. The van der Waals surface area contributed by atoms with Crippen LogP contribution in [0.25, 0.3) is 0 Å². The molecule has 21 heavy (non-hydrogen) atoms. The van der Waals surface area contributed by atoms with Crippen molar-refractivity contribution in [2.75, 3.05) is 7.11 Å². The van der Waals surface area contributed by atoms with E-state index in [2.05, 4.69) is 5.32 Å². The number of hydrogen-bond acceptors (Lipinski definition) is 5. The van der Waals surface area contributed by atoms with Gasteiger partial charge < -0.3 is 14.8 Å². The lowest BCUT2D eigenvalue weighted by Crippen LogP contribution is -2.52. The van der Waals surface area contributed by atoms with Crippen LogP contribution in [0.4, 0.5) is 0 Å². The third kappa shape index (κ3) is 3.61. The highest BCUT2D eigenvalue weighted by molar-refractivity contribution is 5.79. The van der Waals surface area contributed by atoms with Crippen molar-refractivity contribution < 1.29 is 19.1 Å². The largest absolute Gasteiger partial charge is 0.469 e. The molecule has 0 amide bonds. The van der Waals surface area contributed by atoms with E-state index < -0.39 is 12.0 Å². The molecule has 1 aliphatic rings. The van der Waals surface area contributed by atoms with Gasteiger partial charge in [-0.1, -0.05) is 30.3 Å². The van der Waals surface area contributed by atoms with Gasteiger partial charge in [-0.3, -0.25) is 9.59 Å². The Morgan fingerprint density at radius 2 is 2.05 bits per heavy atom. The van der Waals surface area contributed by atoms with Gasteiger partial charge in [0.2, 0.25) is 0 Å². The zero-order valence-electron chi connectivity index (χ0n) is 12.5. The van der Waals surface area contributed by atoms with Gasteiger partial charge in [0.15, 0.2) is 0 Å². The Labute approximate surface area is 124 Å². The van der Waals surface area contributed by atoms with Gasteiger partial charge in [0.25, 0.3) is 0 Å². The lowest BCUT2D eigenvalue weighted by molar-refractivity contribution is -0.169. The molecule has 1 aromatic rings. The summed E-state index contributed by atoms with van der Waals surface area (Å²) < 4.78 is 10.0. The highest BCUT2D eigenvalue weighted by atomic mass is 16.6. The zero-order valence-corrected chi connectivity index (χ0v) is 12.5. The van der Waals surface area contributed by atoms with Crippen LogP contribution in [-0.2, 0) is 19.1 Å². The fraction of sp³-hybridized carbons (Fsp3) is 0.500. The van der Waals surface area contributed by atoms with Gasteiger partial charge >= 0.3 is 11.9 Å². The van der Waals surface area contributed by atoms with Crippen molar-refractivity contribution in [1.82, 2.24) is 5.32 Å². The van der Waals surface area contributed by atoms with E-state index in [1.54, 1.807) is 6.92 Å². The van der Waals surface area contributed by atoms with Gasteiger partial charge in [-0.2, -0.15) is 0 Å². The van der Waals surface area contributed by atoms with E-state index >= 15 is 0 Å². The first-order valence-corrected chi connectivity index (χ1v) is 7.11. The summed E-state index contributed by atoms with van der Waals surface area (Å²) in [6, 6.07) is 9.63. The molecule has 4 atom stereocenters. The van der Waals surface area contributed by atoms with Gasteiger partial charge in [-0.25, -0.2) is 0 Å². The molecule has 1 aromatic carbocycles. The molecule has 0 bridgehead atoms. The predicted octanol–water partition coefficient (Wildman–Crippen LogP) is 1.83. The van der Waals surface area contributed by atoms with Crippen molar-refractivity contribution in [3.8, 4) is 0 Å². The zero-order chi connectivity index (χ0) is 15.4. The molecule has 0 aromatic heterocycles. The van der Waals surface area contributed by atoms with Crippen molar-refractivity contribution in [1.29, 1.82) is 0 Å². The first-order chi connectivity index (χ1) is 10.0. The molecule has 2 rings (SSSR count). The number of ether oxygens (including phenoxy) is 2. The Morgan fingerprint density at radius 1 is 1.38 bits per heavy atom. The second-order valence-corrected chi connectivity index (χ2v) is 5.35. The van der Waals surface area contributed by atoms with Gasteiger partial charge in [-0.05, 0) is 19.4 Å². The topological polar surface area (TPSA) is 64.6 Å². The van der Waals surface area contributed by atoms with E-state index in [9.17, 15) is 9.59 Å². The highest BCUT2D eigenvalue weighted by Crippen LogP contribution is 2.26. The fourth-order valence-corrected chi connectivity index (χ4v) is 2.78. The van der Waals surface area contributed by atoms with E-state index in [1.165, 1.54) is 7.11 Å². The SMILES string of the molecule is COC(=O)[C@@H]1[C@H](C)OC(=O)C[C@H]1N[C@H](C)c1ccccc1. The standard InChI is InChI=1S/C16H21NO4/c1-10(12-7-5-4-6-8-12)17-13-9-14(18)21-11(2)15(13)16(19)20-3/h4-8,10-11,13,15,17H,9H2,1-3H3/t10-,11+,13-,15-/m1/s1. The fourth-order valence-electron chi connectivity index (χ4n) is 2.78. The lowest BCUT2D eigenvalue weighted by atomic mass is 9.88. The summed E-state index contributed by atoms with van der Waals surface area (Å²) in [4.78, 5) is 23.6. The normalized spacial score (nSPS) is 26.8. The molecule has 0 radical (unpaired) electrons.